The highest BCUT2D eigenvalue weighted by molar-refractivity contribution is 7.92. The Bertz CT molecular complexity index is 1240. The molecular formula is C27H35N3O6S. The van der Waals surface area contributed by atoms with E-state index in [9.17, 15) is 18.0 Å². The van der Waals surface area contributed by atoms with Gasteiger partial charge < -0.3 is 19.7 Å². The van der Waals surface area contributed by atoms with E-state index in [2.05, 4.69) is 5.32 Å². The molecular weight excluding hydrogens is 494 g/mol. The van der Waals surface area contributed by atoms with E-state index in [4.69, 9.17) is 9.47 Å². The summed E-state index contributed by atoms with van der Waals surface area (Å²) in [5, 5.41) is 3.11. The van der Waals surface area contributed by atoms with Crippen LogP contribution in [0.2, 0.25) is 0 Å². The molecule has 200 valence electrons. The average Bonchev–Trinajstić information content (AvgIpc) is 3.54. The van der Waals surface area contributed by atoms with Crippen LogP contribution >= 0.6 is 0 Å². The Balaban J connectivity index is 1.63. The van der Waals surface area contributed by atoms with Crippen LogP contribution in [0.1, 0.15) is 50.2 Å². The molecule has 1 atom stereocenters. The highest BCUT2D eigenvalue weighted by Gasteiger charge is 2.33. The number of fused-ring (bicyclic) bond motifs is 1. The molecule has 2 amide bonds. The lowest BCUT2D eigenvalue weighted by Gasteiger charge is -2.33. The van der Waals surface area contributed by atoms with Crippen LogP contribution in [0.5, 0.6) is 11.5 Å². The number of carbonyl (C=O) groups is 2. The Hall–Kier alpha value is -3.27. The number of carbonyl (C=O) groups excluding carboxylic acids is 2. The molecule has 37 heavy (non-hydrogen) atoms. The molecule has 0 unspecified atom stereocenters. The Morgan fingerprint density at radius 3 is 2.46 bits per heavy atom. The van der Waals surface area contributed by atoms with E-state index in [1.54, 1.807) is 18.2 Å². The molecule has 2 aliphatic rings. The van der Waals surface area contributed by atoms with E-state index >= 15 is 0 Å². The number of anilines is 1. The largest absolute Gasteiger partial charge is 0.454 e. The molecule has 0 radical (unpaired) electrons. The van der Waals surface area contributed by atoms with Crippen LogP contribution in [0, 0.1) is 6.92 Å². The summed E-state index contributed by atoms with van der Waals surface area (Å²) in [6, 6.07) is 11.8. The number of hydrogen-bond donors (Lipinski definition) is 1. The first-order chi connectivity index (χ1) is 17.7. The van der Waals surface area contributed by atoms with E-state index in [1.165, 1.54) is 4.90 Å². The first kappa shape index (κ1) is 26.8. The van der Waals surface area contributed by atoms with Gasteiger partial charge in [-0.3, -0.25) is 13.9 Å². The fourth-order valence-corrected chi connectivity index (χ4v) is 5.75. The molecule has 1 aliphatic heterocycles. The number of aryl methyl sites for hydroxylation is 1. The topological polar surface area (TPSA) is 105 Å². The van der Waals surface area contributed by atoms with Gasteiger partial charge in [-0.05, 0) is 49.4 Å². The predicted octanol–water partition coefficient (Wildman–Crippen LogP) is 3.36. The lowest BCUT2D eigenvalue weighted by Crippen LogP contribution is -2.53. The molecule has 0 aromatic heterocycles. The summed E-state index contributed by atoms with van der Waals surface area (Å²) >= 11 is 0. The van der Waals surface area contributed by atoms with Crippen molar-refractivity contribution in [2.75, 3.05) is 23.9 Å². The molecule has 1 fully saturated rings. The minimum absolute atomic E-state index is 0.0507. The number of hydrogen-bond acceptors (Lipinski definition) is 6. The van der Waals surface area contributed by atoms with Gasteiger partial charge in [0.05, 0.1) is 11.9 Å². The summed E-state index contributed by atoms with van der Waals surface area (Å²) < 4.78 is 37.4. The van der Waals surface area contributed by atoms with Gasteiger partial charge in [0, 0.05) is 18.7 Å². The van der Waals surface area contributed by atoms with Crippen LogP contribution in [0.4, 0.5) is 5.69 Å². The van der Waals surface area contributed by atoms with Gasteiger partial charge in [-0.15, -0.1) is 0 Å². The molecule has 0 bridgehead atoms. The second-order valence-corrected chi connectivity index (χ2v) is 11.6. The summed E-state index contributed by atoms with van der Waals surface area (Å²) in [4.78, 5) is 28.7. The van der Waals surface area contributed by atoms with Crippen LogP contribution in [-0.2, 0) is 26.2 Å². The first-order valence-corrected chi connectivity index (χ1v) is 14.5. The Morgan fingerprint density at radius 1 is 1.08 bits per heavy atom. The third-order valence-corrected chi connectivity index (χ3v) is 8.15. The van der Waals surface area contributed by atoms with Gasteiger partial charge in [-0.25, -0.2) is 8.42 Å². The van der Waals surface area contributed by atoms with Crippen molar-refractivity contribution >= 4 is 27.5 Å². The number of sulfonamides is 1. The standard InChI is InChI=1S/C27H35N3O6S/c1-4-23(27(32)28-21-11-7-8-12-21)29(16-20-10-6-5-9-19(20)2)26(31)17-30(37(3,33)34)22-13-14-24-25(15-22)36-18-35-24/h5-6,9-10,13-15,21,23H,4,7-8,11-12,16-18H2,1-3H3,(H,28,32)/t23-/m1/s1. The second-order valence-electron chi connectivity index (χ2n) is 9.67. The lowest BCUT2D eigenvalue weighted by atomic mass is 10.1. The van der Waals surface area contributed by atoms with E-state index in [0.717, 1.165) is 47.4 Å². The summed E-state index contributed by atoms with van der Waals surface area (Å²) in [7, 11) is -3.83. The Labute approximate surface area is 218 Å². The van der Waals surface area contributed by atoms with Gasteiger partial charge in [0.25, 0.3) is 0 Å². The van der Waals surface area contributed by atoms with Crippen molar-refractivity contribution in [2.24, 2.45) is 0 Å². The van der Waals surface area contributed by atoms with Crippen LogP contribution in [0.25, 0.3) is 0 Å². The van der Waals surface area contributed by atoms with Crippen molar-refractivity contribution in [3.63, 3.8) is 0 Å². The monoisotopic (exact) mass is 529 g/mol. The first-order valence-electron chi connectivity index (χ1n) is 12.7. The van der Waals surface area contributed by atoms with Gasteiger partial charge in [0.15, 0.2) is 11.5 Å². The van der Waals surface area contributed by atoms with Crippen molar-refractivity contribution in [2.45, 2.75) is 64.6 Å². The number of nitrogens with one attached hydrogen (secondary N) is 1. The molecule has 0 spiro atoms. The predicted molar refractivity (Wildman–Crippen MR) is 141 cm³/mol. The molecule has 9 nitrogen and oxygen atoms in total. The molecule has 2 aromatic carbocycles. The third kappa shape index (κ3) is 6.36. The van der Waals surface area contributed by atoms with Crippen molar-refractivity contribution in [1.29, 1.82) is 0 Å². The zero-order valence-corrected chi connectivity index (χ0v) is 22.4. The van der Waals surface area contributed by atoms with Crippen LogP contribution in [0.3, 0.4) is 0 Å². The minimum Gasteiger partial charge on any atom is -0.454 e. The third-order valence-electron chi connectivity index (χ3n) is 7.01. The number of nitrogens with zero attached hydrogens (tertiary/aromatic N) is 2. The van der Waals surface area contributed by atoms with E-state index in [1.807, 2.05) is 38.1 Å². The van der Waals surface area contributed by atoms with Crippen molar-refractivity contribution in [1.82, 2.24) is 10.2 Å². The maximum atomic E-state index is 13.8. The van der Waals surface area contributed by atoms with E-state index in [0.29, 0.717) is 23.6 Å². The maximum absolute atomic E-state index is 13.8. The second kappa shape index (κ2) is 11.4. The Kier molecular flexibility index (Phi) is 8.26. The van der Waals surface area contributed by atoms with Gasteiger partial charge in [-0.2, -0.15) is 0 Å². The molecule has 10 heteroatoms. The van der Waals surface area contributed by atoms with Crippen molar-refractivity contribution in [3.8, 4) is 11.5 Å². The summed E-state index contributed by atoms with van der Waals surface area (Å²) in [5.41, 5.74) is 2.18. The summed E-state index contributed by atoms with van der Waals surface area (Å²) in [5.74, 6) is 0.266. The van der Waals surface area contributed by atoms with E-state index in [-0.39, 0.29) is 25.3 Å². The SMILES string of the molecule is CC[C@H](C(=O)NC1CCCC1)N(Cc1ccccc1C)C(=O)CN(c1ccc2c(c1)OCO2)S(C)(=O)=O. The number of rotatable bonds is 10. The number of benzene rings is 2. The van der Waals surface area contributed by atoms with Gasteiger partial charge in [0.1, 0.15) is 12.6 Å². The van der Waals surface area contributed by atoms with Gasteiger partial charge in [-0.1, -0.05) is 44.0 Å². The average molecular weight is 530 g/mol. The quantitative estimate of drug-likeness (QED) is 0.506. The normalized spacial score (nSPS) is 15.9. The molecule has 1 saturated carbocycles. The molecule has 1 heterocycles. The fourth-order valence-electron chi connectivity index (χ4n) is 4.91. The molecule has 0 saturated heterocycles. The fraction of sp³-hybridized carbons (Fsp3) is 0.481. The zero-order valence-electron chi connectivity index (χ0n) is 21.6. The minimum atomic E-state index is -3.83. The summed E-state index contributed by atoms with van der Waals surface area (Å²) in [6.07, 6.45) is 5.47. The van der Waals surface area contributed by atoms with Gasteiger partial charge >= 0.3 is 0 Å². The van der Waals surface area contributed by atoms with Crippen LogP contribution in [-0.4, -0.2) is 56.8 Å². The van der Waals surface area contributed by atoms with Gasteiger partial charge in [0.2, 0.25) is 28.6 Å². The maximum Gasteiger partial charge on any atom is 0.244 e. The van der Waals surface area contributed by atoms with E-state index < -0.39 is 28.5 Å². The van der Waals surface area contributed by atoms with Crippen molar-refractivity contribution < 1.29 is 27.5 Å². The molecule has 4 rings (SSSR count). The molecule has 1 N–H and O–H groups in total. The smallest absolute Gasteiger partial charge is 0.244 e. The summed E-state index contributed by atoms with van der Waals surface area (Å²) in [6.45, 7) is 3.61. The molecule has 1 aliphatic carbocycles. The highest BCUT2D eigenvalue weighted by atomic mass is 32.2. The lowest BCUT2D eigenvalue weighted by molar-refractivity contribution is -0.140. The number of ether oxygens (including phenoxy) is 2. The molecule has 2 aromatic rings. The van der Waals surface area contributed by atoms with Crippen LogP contribution < -0.4 is 19.1 Å². The van der Waals surface area contributed by atoms with Crippen molar-refractivity contribution in [3.05, 3.63) is 53.6 Å². The van der Waals surface area contributed by atoms with Crippen LogP contribution in [0.15, 0.2) is 42.5 Å². The zero-order chi connectivity index (χ0) is 26.6. The number of amides is 2. The Morgan fingerprint density at radius 2 is 1.78 bits per heavy atom. The highest BCUT2D eigenvalue weighted by Crippen LogP contribution is 2.36.